The van der Waals surface area contributed by atoms with E-state index in [-0.39, 0.29) is 5.91 Å². The lowest BCUT2D eigenvalue weighted by atomic mass is 10.3. The minimum absolute atomic E-state index is 0.0557. The summed E-state index contributed by atoms with van der Waals surface area (Å²) in [6.07, 6.45) is 2.47. The van der Waals surface area contributed by atoms with E-state index in [0.717, 1.165) is 15.4 Å². The molecule has 3 nitrogen and oxygen atoms in total. The Bertz CT molecular complexity index is 554. The van der Waals surface area contributed by atoms with Gasteiger partial charge < -0.3 is 0 Å². The maximum atomic E-state index is 11.9. The van der Waals surface area contributed by atoms with E-state index in [9.17, 15) is 4.79 Å². The fourth-order valence-corrected chi connectivity index (χ4v) is 3.18. The van der Waals surface area contributed by atoms with Crippen molar-refractivity contribution in [2.45, 2.75) is 25.7 Å². The van der Waals surface area contributed by atoms with Crippen LogP contribution in [0.15, 0.2) is 17.5 Å². The van der Waals surface area contributed by atoms with Crippen molar-refractivity contribution in [1.29, 1.82) is 0 Å². The molecular weight excluding hydrogens is 252 g/mol. The van der Waals surface area contributed by atoms with Crippen molar-refractivity contribution >= 4 is 33.7 Å². The Labute approximate surface area is 108 Å². The van der Waals surface area contributed by atoms with E-state index in [2.05, 4.69) is 10.3 Å². The van der Waals surface area contributed by atoms with Gasteiger partial charge in [0.2, 0.25) is 0 Å². The third kappa shape index (κ3) is 2.40. The molecule has 2 aromatic heterocycles. The van der Waals surface area contributed by atoms with Gasteiger partial charge in [0.05, 0.1) is 10.6 Å². The summed E-state index contributed by atoms with van der Waals surface area (Å²) in [5.74, 6) is 0.584. The van der Waals surface area contributed by atoms with Crippen molar-refractivity contribution in [3.05, 3.63) is 33.0 Å². The lowest BCUT2D eigenvalue weighted by molar-refractivity contribution is 0.103. The van der Waals surface area contributed by atoms with Crippen LogP contribution in [-0.2, 0) is 0 Å². The van der Waals surface area contributed by atoms with Crippen molar-refractivity contribution in [2.24, 2.45) is 0 Å². The van der Waals surface area contributed by atoms with Gasteiger partial charge in [0.25, 0.3) is 5.91 Å². The summed E-state index contributed by atoms with van der Waals surface area (Å²) in [4.78, 5) is 18.2. The normalized spacial score (nSPS) is 14.9. The summed E-state index contributed by atoms with van der Waals surface area (Å²) >= 11 is 3.01. The first kappa shape index (κ1) is 10.9. The average molecular weight is 264 g/mol. The highest BCUT2D eigenvalue weighted by Crippen LogP contribution is 2.40. The van der Waals surface area contributed by atoms with Crippen LogP contribution in [0, 0.1) is 6.92 Å². The second-order valence-corrected chi connectivity index (χ2v) is 6.36. The van der Waals surface area contributed by atoms with Crippen LogP contribution >= 0.6 is 22.7 Å². The van der Waals surface area contributed by atoms with E-state index in [1.54, 1.807) is 0 Å². The zero-order valence-electron chi connectivity index (χ0n) is 9.40. The molecule has 1 amide bonds. The van der Waals surface area contributed by atoms with Gasteiger partial charge in [-0.2, -0.15) is 0 Å². The van der Waals surface area contributed by atoms with Gasteiger partial charge in [0.1, 0.15) is 0 Å². The molecule has 0 saturated heterocycles. The van der Waals surface area contributed by atoms with Gasteiger partial charge in [-0.1, -0.05) is 0 Å². The Hall–Kier alpha value is -1.20. The molecule has 1 N–H and O–H groups in total. The lowest BCUT2D eigenvalue weighted by Crippen LogP contribution is -2.09. The van der Waals surface area contributed by atoms with E-state index < -0.39 is 0 Å². The van der Waals surface area contributed by atoms with Crippen LogP contribution in [0.1, 0.15) is 39.0 Å². The number of hydrogen-bond acceptors (Lipinski definition) is 4. The van der Waals surface area contributed by atoms with Crippen LogP contribution in [0.5, 0.6) is 0 Å². The fraction of sp³-hybridized carbons (Fsp3) is 0.333. The zero-order valence-corrected chi connectivity index (χ0v) is 11.0. The van der Waals surface area contributed by atoms with Crippen molar-refractivity contribution in [2.75, 3.05) is 5.32 Å². The molecule has 5 heteroatoms. The smallest absolute Gasteiger partial charge is 0.267 e. The van der Waals surface area contributed by atoms with Gasteiger partial charge >= 0.3 is 0 Å². The van der Waals surface area contributed by atoms with Crippen molar-refractivity contribution < 1.29 is 4.79 Å². The fourth-order valence-electron chi connectivity index (χ4n) is 1.63. The van der Waals surface area contributed by atoms with Crippen LogP contribution in [0.3, 0.4) is 0 Å². The molecule has 88 valence electrons. The number of thiazole rings is 1. The Kier molecular flexibility index (Phi) is 2.72. The molecule has 0 bridgehead atoms. The predicted octanol–water partition coefficient (Wildman–Crippen LogP) is 3.64. The molecule has 1 fully saturated rings. The third-order valence-electron chi connectivity index (χ3n) is 2.70. The van der Waals surface area contributed by atoms with Gasteiger partial charge in [0.15, 0.2) is 5.13 Å². The first-order valence-electron chi connectivity index (χ1n) is 5.55. The van der Waals surface area contributed by atoms with Crippen LogP contribution in [0.4, 0.5) is 5.13 Å². The third-order valence-corrected chi connectivity index (χ3v) is 4.48. The molecule has 1 aliphatic rings. The van der Waals surface area contributed by atoms with Crippen molar-refractivity contribution in [1.82, 2.24) is 4.98 Å². The highest BCUT2D eigenvalue weighted by molar-refractivity contribution is 7.15. The van der Waals surface area contributed by atoms with Gasteiger partial charge in [-0.3, -0.25) is 10.1 Å². The first-order valence-corrected chi connectivity index (χ1v) is 7.25. The SMILES string of the molecule is Cc1ccc(C(=O)Nc2nc(C3CC3)cs2)s1. The summed E-state index contributed by atoms with van der Waals surface area (Å²) in [6.45, 7) is 2.00. The molecule has 0 aromatic carbocycles. The van der Waals surface area contributed by atoms with Gasteiger partial charge in [-0.05, 0) is 31.9 Å². The minimum atomic E-state index is -0.0557. The largest absolute Gasteiger partial charge is 0.297 e. The molecule has 1 saturated carbocycles. The minimum Gasteiger partial charge on any atom is -0.297 e. The molecule has 2 aromatic rings. The number of carbonyl (C=O) groups is 1. The van der Waals surface area contributed by atoms with Gasteiger partial charge in [-0.25, -0.2) is 4.98 Å². The first-order chi connectivity index (χ1) is 8.22. The Morgan fingerprint density at radius 2 is 2.29 bits per heavy atom. The van der Waals surface area contributed by atoms with Crippen molar-refractivity contribution in [3.8, 4) is 0 Å². The topological polar surface area (TPSA) is 42.0 Å². The second-order valence-electron chi connectivity index (χ2n) is 4.22. The van der Waals surface area contributed by atoms with Crippen LogP contribution in [-0.4, -0.2) is 10.9 Å². The second kappa shape index (κ2) is 4.23. The van der Waals surface area contributed by atoms with E-state index >= 15 is 0 Å². The van der Waals surface area contributed by atoms with E-state index in [4.69, 9.17) is 0 Å². The van der Waals surface area contributed by atoms with Crippen LogP contribution < -0.4 is 5.32 Å². The van der Waals surface area contributed by atoms with E-state index in [1.165, 1.54) is 35.5 Å². The number of carbonyl (C=O) groups excluding carboxylic acids is 1. The molecule has 2 heterocycles. The number of aryl methyl sites for hydroxylation is 1. The number of aromatic nitrogens is 1. The maximum Gasteiger partial charge on any atom is 0.267 e. The van der Waals surface area contributed by atoms with E-state index in [0.29, 0.717) is 11.0 Å². The molecule has 1 aliphatic carbocycles. The van der Waals surface area contributed by atoms with Crippen molar-refractivity contribution in [3.63, 3.8) is 0 Å². The number of anilines is 1. The van der Waals surface area contributed by atoms with Crippen LogP contribution in [0.25, 0.3) is 0 Å². The van der Waals surface area contributed by atoms with E-state index in [1.807, 2.05) is 24.4 Å². The molecule has 0 radical (unpaired) electrons. The Morgan fingerprint density at radius 3 is 2.94 bits per heavy atom. The Balaban J connectivity index is 1.71. The monoisotopic (exact) mass is 264 g/mol. The average Bonchev–Trinajstić information content (AvgIpc) is 2.90. The molecule has 0 aliphatic heterocycles. The molecule has 0 spiro atoms. The molecule has 0 unspecified atom stereocenters. The quantitative estimate of drug-likeness (QED) is 0.919. The standard InChI is InChI=1S/C12H12N2OS2/c1-7-2-5-10(17-7)11(15)14-12-13-9(6-16-12)8-3-4-8/h2,5-6,8H,3-4H2,1H3,(H,13,14,15). The Morgan fingerprint density at radius 1 is 1.47 bits per heavy atom. The van der Waals surface area contributed by atoms with Crippen LogP contribution in [0.2, 0.25) is 0 Å². The molecule has 17 heavy (non-hydrogen) atoms. The number of thiophene rings is 1. The summed E-state index contributed by atoms with van der Waals surface area (Å²) in [7, 11) is 0. The predicted molar refractivity (Wildman–Crippen MR) is 71.1 cm³/mol. The maximum absolute atomic E-state index is 11.9. The highest BCUT2D eigenvalue weighted by Gasteiger charge is 2.26. The molecule has 3 rings (SSSR count). The van der Waals surface area contributed by atoms with Gasteiger partial charge in [0, 0.05) is 16.2 Å². The number of nitrogens with zero attached hydrogens (tertiary/aromatic N) is 1. The summed E-state index contributed by atoms with van der Waals surface area (Å²) in [5, 5.41) is 5.61. The molecule has 0 atom stereocenters. The molecular formula is C12H12N2OS2. The summed E-state index contributed by atoms with van der Waals surface area (Å²) < 4.78 is 0. The number of amides is 1. The zero-order chi connectivity index (χ0) is 11.8. The highest BCUT2D eigenvalue weighted by atomic mass is 32.1. The lowest BCUT2D eigenvalue weighted by Gasteiger charge is -1.97. The van der Waals surface area contributed by atoms with Gasteiger partial charge in [-0.15, -0.1) is 22.7 Å². The summed E-state index contributed by atoms with van der Waals surface area (Å²) in [6, 6.07) is 3.81. The number of rotatable bonds is 3. The number of hydrogen-bond donors (Lipinski definition) is 1. The number of nitrogens with one attached hydrogen (secondary N) is 1. The summed E-state index contributed by atoms with van der Waals surface area (Å²) in [5.41, 5.74) is 1.13.